The number of anilines is 2. The van der Waals surface area contributed by atoms with Gasteiger partial charge in [-0.05, 0) is 37.5 Å². The quantitative estimate of drug-likeness (QED) is 0.782. The van der Waals surface area contributed by atoms with Crippen molar-refractivity contribution in [3.05, 3.63) is 23.8 Å². The summed E-state index contributed by atoms with van der Waals surface area (Å²) < 4.78 is 31.6. The minimum Gasteiger partial charge on any atom is -0.385 e. The van der Waals surface area contributed by atoms with E-state index in [9.17, 15) is 8.42 Å². The Balaban J connectivity index is 2.10. The summed E-state index contributed by atoms with van der Waals surface area (Å²) in [4.78, 5) is 0. The highest BCUT2D eigenvalue weighted by atomic mass is 32.2. The third-order valence-corrected chi connectivity index (χ3v) is 4.30. The first-order valence-electron chi connectivity index (χ1n) is 6.56. The number of hydrogen-bond acceptors (Lipinski definition) is 4. The third kappa shape index (κ3) is 3.84. The van der Waals surface area contributed by atoms with Crippen LogP contribution in [0.4, 0.5) is 11.4 Å². The Bertz CT molecular complexity index is 529. The van der Waals surface area contributed by atoms with Crippen molar-refractivity contribution in [2.45, 2.75) is 19.8 Å². The van der Waals surface area contributed by atoms with Gasteiger partial charge in [-0.1, -0.05) is 6.07 Å². The number of benzene rings is 1. The van der Waals surface area contributed by atoms with Crippen LogP contribution >= 0.6 is 0 Å². The first-order chi connectivity index (χ1) is 9.12. The Morgan fingerprint density at radius 2 is 2.26 bits per heavy atom. The molecule has 2 rings (SSSR count). The van der Waals surface area contributed by atoms with Gasteiger partial charge in [0, 0.05) is 18.8 Å². The van der Waals surface area contributed by atoms with E-state index < -0.39 is 10.0 Å². The predicted octanol–water partition coefficient (Wildman–Crippen LogP) is 1.82. The van der Waals surface area contributed by atoms with E-state index in [0.717, 1.165) is 30.6 Å². The molecule has 0 saturated heterocycles. The van der Waals surface area contributed by atoms with E-state index in [1.54, 1.807) is 0 Å². The molecule has 1 aromatic carbocycles. The third-order valence-electron chi connectivity index (χ3n) is 3.06. The molecule has 0 fully saturated rings. The van der Waals surface area contributed by atoms with Crippen LogP contribution in [-0.4, -0.2) is 33.9 Å². The van der Waals surface area contributed by atoms with E-state index >= 15 is 0 Å². The lowest BCUT2D eigenvalue weighted by Gasteiger charge is -2.21. The molecule has 5 nitrogen and oxygen atoms in total. The zero-order chi connectivity index (χ0) is 13.7. The predicted molar refractivity (Wildman–Crippen MR) is 77.2 cm³/mol. The molecule has 2 N–H and O–H groups in total. The van der Waals surface area contributed by atoms with Crippen LogP contribution in [0.25, 0.3) is 0 Å². The molecule has 6 heteroatoms. The molecule has 0 amide bonds. The summed E-state index contributed by atoms with van der Waals surface area (Å²) in [5.41, 5.74) is 2.76. The monoisotopic (exact) mass is 284 g/mol. The maximum Gasteiger partial charge on any atom is 0.235 e. The summed E-state index contributed by atoms with van der Waals surface area (Å²) in [7, 11) is -3.34. The lowest BCUT2D eigenvalue weighted by Crippen LogP contribution is -2.22. The highest BCUT2D eigenvalue weighted by Crippen LogP contribution is 2.29. The fourth-order valence-electron chi connectivity index (χ4n) is 2.14. The van der Waals surface area contributed by atoms with Crippen LogP contribution in [0.15, 0.2) is 18.2 Å². The van der Waals surface area contributed by atoms with Crippen LogP contribution in [0, 0.1) is 0 Å². The lowest BCUT2D eigenvalue weighted by molar-refractivity contribution is 0.163. The van der Waals surface area contributed by atoms with Gasteiger partial charge in [0.15, 0.2) is 0 Å². The second-order valence-corrected chi connectivity index (χ2v) is 6.32. The molecule has 0 bridgehead atoms. The molecular formula is C13H20N2O3S. The van der Waals surface area contributed by atoms with Gasteiger partial charge in [0.25, 0.3) is 0 Å². The van der Waals surface area contributed by atoms with E-state index in [1.165, 1.54) is 0 Å². The maximum absolute atomic E-state index is 11.9. The van der Waals surface area contributed by atoms with E-state index in [-0.39, 0.29) is 12.4 Å². The molecule has 0 aliphatic carbocycles. The number of nitrogens with one attached hydrogen (secondary N) is 2. The van der Waals surface area contributed by atoms with Crippen molar-refractivity contribution in [3.63, 3.8) is 0 Å². The summed E-state index contributed by atoms with van der Waals surface area (Å²) >= 11 is 0. The molecule has 19 heavy (non-hydrogen) atoms. The highest BCUT2D eigenvalue weighted by molar-refractivity contribution is 7.92. The fourth-order valence-corrected chi connectivity index (χ4v) is 3.10. The van der Waals surface area contributed by atoms with Crippen molar-refractivity contribution in [3.8, 4) is 0 Å². The summed E-state index contributed by atoms with van der Waals surface area (Å²) in [6.45, 7) is 3.53. The molecule has 1 aliphatic heterocycles. The minimum absolute atomic E-state index is 0.0159. The Morgan fingerprint density at radius 3 is 3.05 bits per heavy atom. The second kappa shape index (κ2) is 6.25. The smallest absolute Gasteiger partial charge is 0.235 e. The van der Waals surface area contributed by atoms with E-state index in [0.29, 0.717) is 12.3 Å². The van der Waals surface area contributed by atoms with Gasteiger partial charge in [-0.25, -0.2) is 8.42 Å². The van der Waals surface area contributed by atoms with Crippen molar-refractivity contribution in [1.82, 2.24) is 0 Å². The average Bonchev–Trinajstić information content (AvgIpc) is 2.39. The number of fused-ring (bicyclic) bond motifs is 1. The normalized spacial score (nSPS) is 14.6. The molecule has 0 atom stereocenters. The van der Waals surface area contributed by atoms with E-state index in [2.05, 4.69) is 10.0 Å². The fraction of sp³-hybridized carbons (Fsp3) is 0.538. The zero-order valence-corrected chi connectivity index (χ0v) is 11.9. The number of sulfonamides is 1. The molecule has 1 heterocycles. The second-order valence-electron chi connectivity index (χ2n) is 4.48. The van der Waals surface area contributed by atoms with Gasteiger partial charge in [0.2, 0.25) is 10.0 Å². The van der Waals surface area contributed by atoms with Crippen molar-refractivity contribution >= 4 is 21.4 Å². The van der Waals surface area contributed by atoms with Crippen LogP contribution in [-0.2, 0) is 21.2 Å². The topological polar surface area (TPSA) is 67.4 Å². The summed E-state index contributed by atoms with van der Waals surface area (Å²) in [6, 6.07) is 5.65. The van der Waals surface area contributed by atoms with Gasteiger partial charge >= 0.3 is 0 Å². The molecular weight excluding hydrogens is 264 g/mol. The van der Waals surface area contributed by atoms with Crippen LogP contribution in [0.3, 0.4) is 0 Å². The van der Waals surface area contributed by atoms with Gasteiger partial charge in [-0.15, -0.1) is 0 Å². The first-order valence-corrected chi connectivity index (χ1v) is 8.21. The Hall–Kier alpha value is -1.27. The molecule has 0 spiro atoms. The van der Waals surface area contributed by atoms with Crippen molar-refractivity contribution in [2.24, 2.45) is 0 Å². The Morgan fingerprint density at radius 1 is 1.42 bits per heavy atom. The van der Waals surface area contributed by atoms with Gasteiger partial charge in [0.1, 0.15) is 0 Å². The largest absolute Gasteiger partial charge is 0.385 e. The molecule has 0 aromatic heterocycles. The molecule has 0 unspecified atom stereocenters. The Kier molecular flexibility index (Phi) is 4.66. The van der Waals surface area contributed by atoms with Gasteiger partial charge < -0.3 is 10.1 Å². The van der Waals surface area contributed by atoms with Gasteiger partial charge in [-0.2, -0.15) is 0 Å². The maximum atomic E-state index is 11.9. The molecule has 0 saturated carbocycles. The molecule has 0 radical (unpaired) electrons. The molecule has 1 aromatic rings. The van der Waals surface area contributed by atoms with Gasteiger partial charge in [0.05, 0.1) is 18.0 Å². The number of ether oxygens (including phenoxy) is 1. The van der Waals surface area contributed by atoms with E-state index in [1.807, 2.05) is 25.1 Å². The van der Waals surface area contributed by atoms with E-state index in [4.69, 9.17) is 4.74 Å². The van der Waals surface area contributed by atoms with Crippen LogP contribution in [0.2, 0.25) is 0 Å². The SMILES string of the molecule is CCOCCS(=O)(=O)Nc1cccc2c1CCCN2. The first kappa shape index (κ1) is 14.1. The van der Waals surface area contributed by atoms with Crippen molar-refractivity contribution in [2.75, 3.05) is 35.6 Å². The van der Waals surface area contributed by atoms with Crippen LogP contribution in [0.5, 0.6) is 0 Å². The Labute approximate surface area is 114 Å². The summed E-state index contributed by atoms with van der Waals surface area (Å²) in [5.74, 6) is -0.0159. The average molecular weight is 284 g/mol. The van der Waals surface area contributed by atoms with Gasteiger partial charge in [-0.3, -0.25) is 4.72 Å². The standard InChI is InChI=1S/C13H20N2O3S/c1-2-18-9-10-19(16,17)15-13-7-3-6-12-11(13)5-4-8-14-12/h3,6-7,14-15H,2,4-5,8-10H2,1H3. The number of rotatable bonds is 6. The molecule has 1 aliphatic rings. The van der Waals surface area contributed by atoms with Crippen molar-refractivity contribution in [1.29, 1.82) is 0 Å². The molecule has 106 valence electrons. The summed E-state index contributed by atoms with van der Waals surface area (Å²) in [6.07, 6.45) is 1.91. The lowest BCUT2D eigenvalue weighted by atomic mass is 10.0. The zero-order valence-electron chi connectivity index (χ0n) is 11.1. The highest BCUT2D eigenvalue weighted by Gasteiger charge is 2.16. The van der Waals surface area contributed by atoms with Crippen LogP contribution in [0.1, 0.15) is 18.9 Å². The minimum atomic E-state index is -3.34. The number of hydrogen-bond donors (Lipinski definition) is 2. The van der Waals surface area contributed by atoms with Crippen LogP contribution < -0.4 is 10.0 Å². The van der Waals surface area contributed by atoms with Crippen molar-refractivity contribution < 1.29 is 13.2 Å². The summed E-state index contributed by atoms with van der Waals surface area (Å²) in [5, 5.41) is 3.28.